The minimum Gasteiger partial charge on any atom is -0.438 e. The van der Waals surface area contributed by atoms with Crippen molar-refractivity contribution in [3.8, 4) is 0 Å². The van der Waals surface area contributed by atoms with Crippen LogP contribution < -0.4 is 5.73 Å². The number of oxazole rings is 1. The molecule has 1 aromatic heterocycles. The molecule has 3 nitrogen and oxygen atoms in total. The summed E-state index contributed by atoms with van der Waals surface area (Å²) in [4.78, 5) is 4.51. The number of nitrogens with two attached hydrogens (primary N) is 1. The number of nitrogen functional groups attached to an aromatic ring is 1. The quantitative estimate of drug-likeness (QED) is 0.771. The molecule has 4 heteroatoms. The van der Waals surface area contributed by atoms with Gasteiger partial charge in [-0.25, -0.2) is 4.98 Å². The van der Waals surface area contributed by atoms with Gasteiger partial charge in [-0.1, -0.05) is 11.6 Å². The molecule has 0 aliphatic heterocycles. The van der Waals surface area contributed by atoms with Crippen molar-refractivity contribution in [3.05, 3.63) is 22.0 Å². The Labute approximate surface area is 98.6 Å². The summed E-state index contributed by atoms with van der Waals surface area (Å²) in [6.07, 6.45) is 2.33. The zero-order valence-corrected chi connectivity index (χ0v) is 10.1. The number of rotatable bonds is 1. The minimum atomic E-state index is 0.491. The van der Waals surface area contributed by atoms with Crippen LogP contribution >= 0.6 is 11.6 Å². The van der Waals surface area contributed by atoms with Crippen LogP contribution in [-0.2, 0) is 0 Å². The van der Waals surface area contributed by atoms with Gasteiger partial charge in [-0.15, -0.1) is 0 Å². The molecule has 0 saturated heterocycles. The second-order valence-electron chi connectivity index (χ2n) is 4.48. The first kappa shape index (κ1) is 9.97. The highest BCUT2D eigenvalue weighted by Gasteiger charge is 2.30. The highest BCUT2D eigenvalue weighted by Crippen LogP contribution is 2.43. The number of anilines is 1. The zero-order valence-electron chi connectivity index (χ0n) is 9.30. The number of aromatic nitrogens is 1. The van der Waals surface area contributed by atoms with Gasteiger partial charge in [-0.2, -0.15) is 0 Å². The van der Waals surface area contributed by atoms with Crippen molar-refractivity contribution in [2.24, 2.45) is 0 Å². The van der Waals surface area contributed by atoms with Gasteiger partial charge in [0.15, 0.2) is 11.5 Å². The van der Waals surface area contributed by atoms with Crippen molar-refractivity contribution in [1.29, 1.82) is 0 Å². The predicted molar refractivity (Wildman–Crippen MR) is 64.9 cm³/mol. The molecular weight excluding hydrogens is 224 g/mol. The summed E-state index contributed by atoms with van der Waals surface area (Å²) >= 11 is 6.20. The van der Waals surface area contributed by atoms with E-state index in [1.807, 2.05) is 13.8 Å². The molecule has 1 heterocycles. The fraction of sp³-hybridized carbons (Fsp3) is 0.417. The summed E-state index contributed by atoms with van der Waals surface area (Å²) in [7, 11) is 0. The minimum absolute atomic E-state index is 0.491. The Morgan fingerprint density at radius 2 is 2.00 bits per heavy atom. The zero-order chi connectivity index (χ0) is 11.4. The van der Waals surface area contributed by atoms with E-state index in [-0.39, 0.29) is 0 Å². The summed E-state index contributed by atoms with van der Waals surface area (Å²) in [6.45, 7) is 3.86. The monoisotopic (exact) mass is 236 g/mol. The number of benzene rings is 1. The van der Waals surface area contributed by atoms with E-state index < -0.39 is 0 Å². The fourth-order valence-corrected chi connectivity index (χ4v) is 2.14. The molecule has 0 atom stereocenters. The van der Waals surface area contributed by atoms with E-state index in [1.54, 1.807) is 0 Å². The molecule has 0 bridgehead atoms. The molecule has 1 aromatic carbocycles. The van der Waals surface area contributed by atoms with Gasteiger partial charge in [0, 0.05) is 5.92 Å². The number of fused-ring (bicyclic) bond motifs is 1. The van der Waals surface area contributed by atoms with E-state index in [4.69, 9.17) is 21.8 Å². The van der Waals surface area contributed by atoms with Crippen LogP contribution in [0.4, 0.5) is 5.69 Å². The van der Waals surface area contributed by atoms with Gasteiger partial charge in [0.25, 0.3) is 0 Å². The summed E-state index contributed by atoms with van der Waals surface area (Å²) < 4.78 is 5.74. The van der Waals surface area contributed by atoms with Crippen molar-refractivity contribution < 1.29 is 4.42 Å². The molecule has 1 aliphatic carbocycles. The first-order valence-electron chi connectivity index (χ1n) is 5.44. The van der Waals surface area contributed by atoms with Crippen molar-refractivity contribution in [3.63, 3.8) is 0 Å². The van der Waals surface area contributed by atoms with Crippen molar-refractivity contribution in [2.45, 2.75) is 32.6 Å². The number of nitrogens with zero attached hydrogens (tertiary/aromatic N) is 1. The lowest BCUT2D eigenvalue weighted by atomic mass is 10.1. The van der Waals surface area contributed by atoms with E-state index in [2.05, 4.69) is 4.98 Å². The van der Waals surface area contributed by atoms with E-state index in [0.717, 1.165) is 22.5 Å². The Kier molecular flexibility index (Phi) is 1.96. The van der Waals surface area contributed by atoms with Crippen LogP contribution in [-0.4, -0.2) is 4.98 Å². The lowest BCUT2D eigenvalue weighted by molar-refractivity contribution is 0.534. The smallest absolute Gasteiger partial charge is 0.198 e. The topological polar surface area (TPSA) is 52.0 Å². The molecule has 2 aromatic rings. The number of hydrogen-bond donors (Lipinski definition) is 1. The third-order valence-corrected chi connectivity index (χ3v) is 3.80. The maximum Gasteiger partial charge on any atom is 0.198 e. The van der Waals surface area contributed by atoms with Gasteiger partial charge in [0.2, 0.25) is 0 Å². The molecule has 84 valence electrons. The van der Waals surface area contributed by atoms with Crippen LogP contribution in [0.3, 0.4) is 0 Å². The maximum atomic E-state index is 6.20. The molecule has 2 N–H and O–H groups in total. The number of halogens is 1. The van der Waals surface area contributed by atoms with E-state index in [1.165, 1.54) is 12.8 Å². The van der Waals surface area contributed by atoms with Crippen LogP contribution in [0.1, 0.15) is 35.8 Å². The maximum absolute atomic E-state index is 6.20. The van der Waals surface area contributed by atoms with Gasteiger partial charge in [-0.3, -0.25) is 0 Å². The van der Waals surface area contributed by atoms with Crippen molar-refractivity contribution >= 4 is 28.4 Å². The lowest BCUT2D eigenvalue weighted by Crippen LogP contribution is -1.93. The molecule has 1 fully saturated rings. The van der Waals surface area contributed by atoms with Gasteiger partial charge >= 0.3 is 0 Å². The normalized spacial score (nSPS) is 15.9. The van der Waals surface area contributed by atoms with Crippen LogP contribution in [0, 0.1) is 13.8 Å². The first-order chi connectivity index (χ1) is 7.59. The summed E-state index contributed by atoms with van der Waals surface area (Å²) in [5, 5.41) is 0.695. The second-order valence-corrected chi connectivity index (χ2v) is 4.86. The van der Waals surface area contributed by atoms with E-state index in [9.17, 15) is 0 Å². The van der Waals surface area contributed by atoms with Crippen LogP contribution in [0.15, 0.2) is 4.42 Å². The van der Waals surface area contributed by atoms with Crippen LogP contribution in [0.5, 0.6) is 0 Å². The third-order valence-electron chi connectivity index (χ3n) is 3.23. The van der Waals surface area contributed by atoms with E-state index in [0.29, 0.717) is 22.2 Å². The average Bonchev–Trinajstić information content (AvgIpc) is 3.03. The highest BCUT2D eigenvalue weighted by atomic mass is 35.5. The largest absolute Gasteiger partial charge is 0.438 e. The van der Waals surface area contributed by atoms with Crippen molar-refractivity contribution in [1.82, 2.24) is 4.98 Å². The Hall–Kier alpha value is -1.22. The SMILES string of the molecule is Cc1c(Cl)c(C)c2nc(C3CC3)oc2c1N. The van der Waals surface area contributed by atoms with Gasteiger partial charge in [-0.05, 0) is 37.8 Å². The predicted octanol–water partition coefficient (Wildman–Crippen LogP) is 3.56. The van der Waals surface area contributed by atoms with Gasteiger partial charge in [0.1, 0.15) is 5.52 Å². The molecular formula is C12H13ClN2O. The van der Waals surface area contributed by atoms with Gasteiger partial charge in [0.05, 0.1) is 10.7 Å². The standard InChI is InChI=1S/C12H13ClN2O/c1-5-8(13)6(2)10-11(9(5)14)16-12(15-10)7-3-4-7/h7H,3-4,14H2,1-2H3. The van der Waals surface area contributed by atoms with Gasteiger partial charge < -0.3 is 10.2 Å². The molecule has 0 spiro atoms. The number of hydrogen-bond acceptors (Lipinski definition) is 3. The highest BCUT2D eigenvalue weighted by molar-refractivity contribution is 6.33. The molecule has 3 rings (SSSR count). The second kappa shape index (κ2) is 3.14. The summed E-state index contributed by atoms with van der Waals surface area (Å²) in [6, 6.07) is 0. The molecule has 0 radical (unpaired) electrons. The fourth-order valence-electron chi connectivity index (χ4n) is 1.95. The van der Waals surface area contributed by atoms with E-state index >= 15 is 0 Å². The summed E-state index contributed by atoms with van der Waals surface area (Å²) in [5.41, 5.74) is 9.97. The lowest BCUT2D eigenvalue weighted by Gasteiger charge is -2.05. The Bertz CT molecular complexity index is 539. The van der Waals surface area contributed by atoms with Crippen LogP contribution in [0.25, 0.3) is 11.1 Å². The molecule has 1 saturated carbocycles. The first-order valence-corrected chi connectivity index (χ1v) is 5.82. The molecule has 16 heavy (non-hydrogen) atoms. The average molecular weight is 237 g/mol. The molecule has 0 unspecified atom stereocenters. The van der Waals surface area contributed by atoms with Crippen molar-refractivity contribution in [2.75, 3.05) is 5.73 Å². The Balaban J connectivity index is 2.36. The third kappa shape index (κ3) is 1.24. The number of aryl methyl sites for hydroxylation is 1. The Morgan fingerprint density at radius 3 is 2.62 bits per heavy atom. The summed E-state index contributed by atoms with van der Waals surface area (Å²) in [5.74, 6) is 1.30. The Morgan fingerprint density at radius 1 is 1.31 bits per heavy atom. The van der Waals surface area contributed by atoms with Crippen LogP contribution in [0.2, 0.25) is 5.02 Å². The molecule has 0 amide bonds. The molecule has 1 aliphatic rings.